The second-order valence-corrected chi connectivity index (χ2v) is 5.82. The van der Waals surface area contributed by atoms with Crippen LogP contribution in [0.5, 0.6) is 11.5 Å². The summed E-state index contributed by atoms with van der Waals surface area (Å²) in [6.45, 7) is 5.86. The van der Waals surface area contributed by atoms with Gasteiger partial charge in [0.1, 0.15) is 11.5 Å². The molecule has 0 saturated heterocycles. The van der Waals surface area contributed by atoms with Crippen molar-refractivity contribution in [2.75, 3.05) is 7.11 Å². The maximum Gasteiger partial charge on any atom is 0.261 e. The summed E-state index contributed by atoms with van der Waals surface area (Å²) in [5, 5.41) is 3.06. The number of hydrogen-bond donors (Lipinski definition) is 1. The van der Waals surface area contributed by atoms with Crippen LogP contribution in [0.25, 0.3) is 0 Å². The van der Waals surface area contributed by atoms with Crippen LogP contribution in [0.1, 0.15) is 37.4 Å². The average Bonchev–Trinajstić information content (AvgIpc) is 2.61. The van der Waals surface area contributed by atoms with Crippen molar-refractivity contribution >= 4 is 5.91 Å². The molecule has 0 heterocycles. The Kier molecular flexibility index (Phi) is 6.24. The second-order valence-electron chi connectivity index (χ2n) is 5.82. The fourth-order valence-corrected chi connectivity index (χ4v) is 2.42. The van der Waals surface area contributed by atoms with Crippen LogP contribution in [0.15, 0.2) is 48.5 Å². The molecule has 1 amide bonds. The molecule has 2 aromatic carbocycles. The number of rotatable bonds is 7. The van der Waals surface area contributed by atoms with Gasteiger partial charge < -0.3 is 14.8 Å². The topological polar surface area (TPSA) is 47.6 Å². The zero-order chi connectivity index (χ0) is 17.5. The first-order valence-corrected chi connectivity index (χ1v) is 8.21. The molecule has 1 N–H and O–H groups in total. The molecular weight excluding hydrogens is 302 g/mol. The predicted molar refractivity (Wildman–Crippen MR) is 95.4 cm³/mol. The Morgan fingerprint density at radius 1 is 1.04 bits per heavy atom. The van der Waals surface area contributed by atoms with Crippen LogP contribution >= 0.6 is 0 Å². The normalized spacial score (nSPS) is 13.0. The molecule has 24 heavy (non-hydrogen) atoms. The Morgan fingerprint density at radius 3 is 2.17 bits per heavy atom. The van der Waals surface area contributed by atoms with Crippen molar-refractivity contribution in [1.29, 1.82) is 0 Å². The van der Waals surface area contributed by atoms with E-state index in [-0.39, 0.29) is 11.9 Å². The van der Waals surface area contributed by atoms with Crippen molar-refractivity contribution in [2.45, 2.75) is 39.3 Å². The van der Waals surface area contributed by atoms with Crippen molar-refractivity contribution in [3.63, 3.8) is 0 Å². The molecule has 128 valence electrons. The maximum atomic E-state index is 12.4. The summed E-state index contributed by atoms with van der Waals surface area (Å²) in [7, 11) is 1.61. The third-order valence-corrected chi connectivity index (χ3v) is 3.95. The SMILES string of the molecule is CC[C@H](NC(=O)[C@@H](C)Oc1ccc(OC)cc1)c1ccc(C)cc1. The summed E-state index contributed by atoms with van der Waals surface area (Å²) in [4.78, 5) is 12.4. The largest absolute Gasteiger partial charge is 0.497 e. The first kappa shape index (κ1) is 17.9. The van der Waals surface area contributed by atoms with Crippen molar-refractivity contribution < 1.29 is 14.3 Å². The number of methoxy groups -OCH3 is 1. The fourth-order valence-electron chi connectivity index (χ4n) is 2.42. The summed E-state index contributed by atoms with van der Waals surface area (Å²) in [6.07, 6.45) is 0.252. The summed E-state index contributed by atoms with van der Waals surface area (Å²) in [5.74, 6) is 1.27. The molecule has 4 nitrogen and oxygen atoms in total. The summed E-state index contributed by atoms with van der Waals surface area (Å²) < 4.78 is 10.8. The highest BCUT2D eigenvalue weighted by Crippen LogP contribution is 2.20. The number of carbonyl (C=O) groups excluding carboxylic acids is 1. The molecule has 0 radical (unpaired) electrons. The van der Waals surface area contributed by atoms with Gasteiger partial charge in [-0.25, -0.2) is 0 Å². The molecule has 2 rings (SSSR count). The van der Waals surface area contributed by atoms with E-state index < -0.39 is 6.10 Å². The number of aryl methyl sites for hydroxylation is 1. The minimum atomic E-state index is -0.571. The van der Waals surface area contributed by atoms with E-state index in [2.05, 4.69) is 36.5 Å². The van der Waals surface area contributed by atoms with Crippen LogP contribution in [0.3, 0.4) is 0 Å². The first-order valence-electron chi connectivity index (χ1n) is 8.21. The molecule has 0 saturated carbocycles. The van der Waals surface area contributed by atoms with E-state index >= 15 is 0 Å². The van der Waals surface area contributed by atoms with Crippen LogP contribution in [0.2, 0.25) is 0 Å². The Balaban J connectivity index is 1.97. The van der Waals surface area contributed by atoms with Gasteiger partial charge in [-0.3, -0.25) is 4.79 Å². The minimum Gasteiger partial charge on any atom is -0.497 e. The monoisotopic (exact) mass is 327 g/mol. The van der Waals surface area contributed by atoms with Crippen LogP contribution < -0.4 is 14.8 Å². The van der Waals surface area contributed by atoms with Gasteiger partial charge in [0.2, 0.25) is 0 Å². The molecule has 2 atom stereocenters. The second kappa shape index (κ2) is 8.39. The summed E-state index contributed by atoms with van der Waals surface area (Å²) >= 11 is 0. The lowest BCUT2D eigenvalue weighted by atomic mass is 10.0. The van der Waals surface area contributed by atoms with E-state index in [0.717, 1.165) is 17.7 Å². The van der Waals surface area contributed by atoms with Crippen LogP contribution in [-0.2, 0) is 4.79 Å². The quantitative estimate of drug-likeness (QED) is 0.835. The molecule has 0 fully saturated rings. The van der Waals surface area contributed by atoms with Crippen molar-refractivity contribution in [1.82, 2.24) is 5.32 Å². The third-order valence-electron chi connectivity index (χ3n) is 3.95. The lowest BCUT2D eigenvalue weighted by Crippen LogP contribution is -2.38. The van der Waals surface area contributed by atoms with Crippen molar-refractivity contribution in [3.8, 4) is 11.5 Å². The number of nitrogens with one attached hydrogen (secondary N) is 1. The van der Waals surface area contributed by atoms with E-state index in [1.165, 1.54) is 5.56 Å². The van der Waals surface area contributed by atoms with Gasteiger partial charge in [0.05, 0.1) is 13.2 Å². The first-order chi connectivity index (χ1) is 11.5. The van der Waals surface area contributed by atoms with Gasteiger partial charge in [0, 0.05) is 0 Å². The Labute approximate surface area is 143 Å². The van der Waals surface area contributed by atoms with Crippen LogP contribution in [-0.4, -0.2) is 19.1 Å². The number of amides is 1. The summed E-state index contributed by atoms with van der Waals surface area (Å²) in [6, 6.07) is 15.4. The van der Waals surface area contributed by atoms with E-state index in [1.54, 1.807) is 38.3 Å². The molecule has 0 aromatic heterocycles. The van der Waals surface area contributed by atoms with Crippen molar-refractivity contribution in [3.05, 3.63) is 59.7 Å². The fraction of sp³-hybridized carbons (Fsp3) is 0.350. The molecule has 2 aromatic rings. The van der Waals surface area contributed by atoms with E-state index in [0.29, 0.717) is 5.75 Å². The number of carbonyl (C=O) groups is 1. The number of hydrogen-bond acceptors (Lipinski definition) is 3. The zero-order valence-electron chi connectivity index (χ0n) is 14.7. The molecule has 0 aliphatic carbocycles. The Bertz CT molecular complexity index is 650. The van der Waals surface area contributed by atoms with Gasteiger partial charge in [0.15, 0.2) is 6.10 Å². The molecule has 0 unspecified atom stereocenters. The van der Waals surface area contributed by atoms with E-state index in [4.69, 9.17) is 9.47 Å². The zero-order valence-corrected chi connectivity index (χ0v) is 14.7. The highest BCUT2D eigenvalue weighted by molar-refractivity contribution is 5.81. The molecule has 0 aliphatic rings. The van der Waals surface area contributed by atoms with Gasteiger partial charge in [-0.1, -0.05) is 36.8 Å². The Morgan fingerprint density at radius 2 is 1.62 bits per heavy atom. The highest BCUT2D eigenvalue weighted by atomic mass is 16.5. The van der Waals surface area contributed by atoms with E-state index in [9.17, 15) is 4.79 Å². The molecule has 0 spiro atoms. The van der Waals surface area contributed by atoms with Gasteiger partial charge in [-0.15, -0.1) is 0 Å². The lowest BCUT2D eigenvalue weighted by Gasteiger charge is -2.21. The van der Waals surface area contributed by atoms with Crippen LogP contribution in [0.4, 0.5) is 0 Å². The third kappa shape index (κ3) is 4.75. The van der Waals surface area contributed by atoms with Gasteiger partial charge in [0.25, 0.3) is 5.91 Å². The predicted octanol–water partition coefficient (Wildman–Crippen LogP) is 4.04. The summed E-state index contributed by atoms with van der Waals surface area (Å²) in [5.41, 5.74) is 2.31. The smallest absolute Gasteiger partial charge is 0.261 e. The molecular formula is C20H25NO3. The van der Waals surface area contributed by atoms with Gasteiger partial charge in [-0.05, 0) is 50.1 Å². The van der Waals surface area contributed by atoms with Crippen LogP contribution in [0, 0.1) is 6.92 Å². The maximum absolute atomic E-state index is 12.4. The number of benzene rings is 2. The highest BCUT2D eigenvalue weighted by Gasteiger charge is 2.19. The minimum absolute atomic E-state index is 0.0139. The van der Waals surface area contributed by atoms with Gasteiger partial charge >= 0.3 is 0 Å². The Hall–Kier alpha value is -2.49. The number of ether oxygens (including phenoxy) is 2. The average molecular weight is 327 g/mol. The van der Waals surface area contributed by atoms with Crippen molar-refractivity contribution in [2.24, 2.45) is 0 Å². The van der Waals surface area contributed by atoms with Gasteiger partial charge in [-0.2, -0.15) is 0 Å². The lowest BCUT2D eigenvalue weighted by molar-refractivity contribution is -0.128. The molecule has 0 bridgehead atoms. The van der Waals surface area contributed by atoms with E-state index in [1.807, 2.05) is 6.92 Å². The molecule has 0 aliphatic heterocycles. The molecule has 4 heteroatoms. The standard InChI is InChI=1S/C20H25NO3/c1-5-19(16-8-6-14(2)7-9-16)21-20(22)15(3)24-18-12-10-17(23-4)11-13-18/h6-13,15,19H,5H2,1-4H3,(H,21,22)/t15-,19+/m1/s1.